The molecule has 0 aliphatic rings. The predicted octanol–water partition coefficient (Wildman–Crippen LogP) is 0.138. The van der Waals surface area contributed by atoms with Crippen molar-refractivity contribution in [3.8, 4) is 0 Å². The average molecular weight is 372 g/mol. The maximum absolute atomic E-state index is 11.6. The molecule has 0 aromatic heterocycles. The summed E-state index contributed by atoms with van der Waals surface area (Å²) in [6.07, 6.45) is -1.61. The number of esters is 2. The summed E-state index contributed by atoms with van der Waals surface area (Å²) in [5.41, 5.74) is 0. The number of carbonyl (C=O) groups excluding carboxylic acids is 2. The molecule has 0 aliphatic heterocycles. The number of aliphatic hydroxyl groups is 2. The zero-order valence-electron chi connectivity index (χ0n) is 13.8. The van der Waals surface area contributed by atoms with Crippen LogP contribution in [0.4, 0.5) is 0 Å². The van der Waals surface area contributed by atoms with E-state index in [-0.39, 0.29) is 19.4 Å². The molecule has 0 aromatic carbocycles. The van der Waals surface area contributed by atoms with Crippen molar-refractivity contribution in [3.63, 3.8) is 0 Å². The smallest absolute Gasteiger partial charge is 0.462 e. The molecule has 0 spiro atoms. The zero-order valence-corrected chi connectivity index (χ0v) is 14.6. The second kappa shape index (κ2) is 12.3. The normalized spacial score (nSPS) is 16.0. The molecule has 24 heavy (non-hydrogen) atoms. The first-order valence-electron chi connectivity index (χ1n) is 7.49. The van der Waals surface area contributed by atoms with Gasteiger partial charge in [0.05, 0.1) is 19.8 Å². The Morgan fingerprint density at radius 2 is 1.71 bits per heavy atom. The van der Waals surface area contributed by atoms with Crippen LogP contribution in [-0.2, 0) is 32.7 Å². The van der Waals surface area contributed by atoms with Gasteiger partial charge in [0.25, 0.3) is 0 Å². The number of hydrogen-bond acceptors (Lipinski definition) is 9. The van der Waals surface area contributed by atoms with Gasteiger partial charge in [0.2, 0.25) is 0 Å². The largest absolute Gasteiger partial charge is 0.472 e. The van der Waals surface area contributed by atoms with Gasteiger partial charge in [0, 0.05) is 12.8 Å². The number of rotatable bonds is 13. The van der Waals surface area contributed by atoms with E-state index >= 15 is 0 Å². The number of phosphoric ester groups is 1. The molecule has 0 saturated heterocycles. The fourth-order valence-electron chi connectivity index (χ4n) is 1.30. The van der Waals surface area contributed by atoms with E-state index in [0.717, 1.165) is 0 Å². The Labute approximate surface area is 140 Å². The summed E-state index contributed by atoms with van der Waals surface area (Å²) in [7, 11) is -4.53. The molecule has 3 atom stereocenters. The summed E-state index contributed by atoms with van der Waals surface area (Å²) in [6, 6.07) is 0. The average Bonchev–Trinajstić information content (AvgIpc) is 2.55. The van der Waals surface area contributed by atoms with E-state index in [0.29, 0.717) is 6.42 Å². The molecule has 142 valence electrons. The molecule has 0 aliphatic carbocycles. The van der Waals surface area contributed by atoms with Gasteiger partial charge in [0.1, 0.15) is 12.7 Å². The highest BCUT2D eigenvalue weighted by Gasteiger charge is 2.26. The number of hydrogen-bond donors (Lipinski definition) is 3. The van der Waals surface area contributed by atoms with Crippen LogP contribution in [0.15, 0.2) is 0 Å². The highest BCUT2D eigenvalue weighted by molar-refractivity contribution is 7.47. The van der Waals surface area contributed by atoms with Crippen LogP contribution in [0.2, 0.25) is 0 Å². The first-order valence-corrected chi connectivity index (χ1v) is 8.99. The van der Waals surface area contributed by atoms with Crippen LogP contribution in [0.5, 0.6) is 0 Å². The molecule has 11 heteroatoms. The number of phosphoric acid groups is 1. The van der Waals surface area contributed by atoms with Gasteiger partial charge in [-0.25, -0.2) is 4.57 Å². The van der Waals surface area contributed by atoms with Gasteiger partial charge in [-0.3, -0.25) is 18.6 Å². The lowest BCUT2D eigenvalue weighted by atomic mass is 10.3. The van der Waals surface area contributed by atoms with Gasteiger partial charge >= 0.3 is 19.8 Å². The lowest BCUT2D eigenvalue weighted by Gasteiger charge is -2.20. The van der Waals surface area contributed by atoms with Crippen molar-refractivity contribution in [3.05, 3.63) is 0 Å². The lowest BCUT2D eigenvalue weighted by Crippen LogP contribution is -2.29. The van der Waals surface area contributed by atoms with Crippen molar-refractivity contribution in [2.24, 2.45) is 0 Å². The predicted molar refractivity (Wildman–Crippen MR) is 80.9 cm³/mol. The minimum absolute atomic E-state index is 0.122. The van der Waals surface area contributed by atoms with Crippen LogP contribution < -0.4 is 0 Å². The van der Waals surface area contributed by atoms with E-state index in [1.165, 1.54) is 0 Å². The molecular weight excluding hydrogens is 347 g/mol. The Balaban J connectivity index is 4.52. The second-order valence-electron chi connectivity index (χ2n) is 4.79. The van der Waals surface area contributed by atoms with Crippen molar-refractivity contribution in [1.82, 2.24) is 0 Å². The molecule has 0 aromatic rings. The van der Waals surface area contributed by atoms with Crippen molar-refractivity contribution in [1.29, 1.82) is 0 Å². The Hall–Kier alpha value is -1.03. The standard InChI is InChI=1S/C13H25O10P/c1-3-5-13(17)23-11(8-20-12(16)4-2)9-22-24(18,19)21-7-10(15)6-14/h10-11,14-15H,3-9H2,1-2H3,(H,18,19)/t10-,11+/m0/s1. The number of aliphatic hydroxyl groups excluding tert-OH is 2. The Bertz CT molecular complexity index is 427. The van der Waals surface area contributed by atoms with Crippen molar-refractivity contribution in [2.75, 3.05) is 26.4 Å². The van der Waals surface area contributed by atoms with Crippen LogP contribution in [0, 0.1) is 0 Å². The van der Waals surface area contributed by atoms with Gasteiger partial charge in [-0.15, -0.1) is 0 Å². The fourth-order valence-corrected chi connectivity index (χ4v) is 2.09. The first kappa shape index (κ1) is 23.0. The number of carbonyl (C=O) groups is 2. The number of ether oxygens (including phenoxy) is 2. The second-order valence-corrected chi connectivity index (χ2v) is 6.25. The van der Waals surface area contributed by atoms with Gasteiger partial charge in [-0.05, 0) is 6.42 Å². The van der Waals surface area contributed by atoms with Gasteiger partial charge < -0.3 is 24.6 Å². The molecule has 0 amide bonds. The summed E-state index contributed by atoms with van der Waals surface area (Å²) in [4.78, 5) is 32.1. The molecular formula is C13H25O10P. The fraction of sp³-hybridized carbons (Fsp3) is 0.846. The van der Waals surface area contributed by atoms with Gasteiger partial charge in [-0.2, -0.15) is 0 Å². The van der Waals surface area contributed by atoms with Crippen molar-refractivity contribution < 1.29 is 47.8 Å². The molecule has 0 radical (unpaired) electrons. The van der Waals surface area contributed by atoms with Crippen LogP contribution >= 0.6 is 7.82 Å². The van der Waals surface area contributed by atoms with E-state index in [4.69, 9.17) is 19.7 Å². The maximum Gasteiger partial charge on any atom is 0.472 e. The van der Waals surface area contributed by atoms with E-state index in [2.05, 4.69) is 9.05 Å². The van der Waals surface area contributed by atoms with Gasteiger partial charge in [-0.1, -0.05) is 13.8 Å². The molecule has 0 bridgehead atoms. The highest BCUT2D eigenvalue weighted by Crippen LogP contribution is 2.43. The molecule has 1 unspecified atom stereocenters. The molecule has 10 nitrogen and oxygen atoms in total. The van der Waals surface area contributed by atoms with Crippen LogP contribution in [0.3, 0.4) is 0 Å². The summed E-state index contributed by atoms with van der Waals surface area (Å²) in [5, 5.41) is 17.7. The third kappa shape index (κ3) is 11.5. The Kier molecular flexibility index (Phi) is 11.8. The molecule has 3 N–H and O–H groups in total. The Morgan fingerprint density at radius 3 is 2.25 bits per heavy atom. The van der Waals surface area contributed by atoms with Gasteiger partial charge in [0.15, 0.2) is 6.10 Å². The minimum atomic E-state index is -4.53. The van der Waals surface area contributed by atoms with E-state index in [1.54, 1.807) is 13.8 Å². The van der Waals surface area contributed by atoms with Crippen LogP contribution in [-0.4, -0.2) is 65.7 Å². The zero-order chi connectivity index (χ0) is 18.6. The molecule has 0 rings (SSSR count). The SMILES string of the molecule is CCCC(=O)O[C@H](COC(=O)CC)COP(=O)(O)OC[C@@H](O)CO. The van der Waals surface area contributed by atoms with Crippen LogP contribution in [0.1, 0.15) is 33.1 Å². The van der Waals surface area contributed by atoms with E-state index in [1.807, 2.05) is 0 Å². The maximum atomic E-state index is 11.6. The monoisotopic (exact) mass is 372 g/mol. The summed E-state index contributed by atoms with van der Waals surface area (Å²) in [6.45, 7) is 1.21. The Morgan fingerprint density at radius 1 is 1.08 bits per heavy atom. The quantitative estimate of drug-likeness (QED) is 0.301. The van der Waals surface area contributed by atoms with E-state index in [9.17, 15) is 19.0 Å². The first-order chi connectivity index (χ1) is 11.2. The highest BCUT2D eigenvalue weighted by atomic mass is 31.2. The molecule has 0 saturated carbocycles. The van der Waals surface area contributed by atoms with E-state index < -0.39 is 51.8 Å². The topological polar surface area (TPSA) is 149 Å². The third-order valence-electron chi connectivity index (χ3n) is 2.54. The third-order valence-corrected chi connectivity index (χ3v) is 3.49. The minimum Gasteiger partial charge on any atom is -0.462 e. The molecule has 0 heterocycles. The summed E-state index contributed by atoms with van der Waals surface area (Å²) >= 11 is 0. The summed E-state index contributed by atoms with van der Waals surface area (Å²) < 4.78 is 30.6. The van der Waals surface area contributed by atoms with Crippen LogP contribution in [0.25, 0.3) is 0 Å². The molecule has 0 fully saturated rings. The summed E-state index contributed by atoms with van der Waals surface area (Å²) in [5.74, 6) is -1.09. The van der Waals surface area contributed by atoms with Crippen molar-refractivity contribution in [2.45, 2.75) is 45.3 Å². The van der Waals surface area contributed by atoms with Crippen molar-refractivity contribution >= 4 is 19.8 Å². The lowest BCUT2D eigenvalue weighted by molar-refractivity contribution is -0.161.